The van der Waals surface area contributed by atoms with Crippen molar-refractivity contribution in [1.82, 2.24) is 0 Å². The van der Waals surface area contributed by atoms with Gasteiger partial charge in [0.1, 0.15) is 0 Å². The van der Waals surface area contributed by atoms with E-state index in [1.807, 2.05) is 36.4 Å². The van der Waals surface area contributed by atoms with Gasteiger partial charge in [0, 0.05) is 0 Å². The van der Waals surface area contributed by atoms with Crippen LogP contribution in [0, 0.1) is 0 Å². The Hall–Kier alpha value is -3.20. The van der Waals surface area contributed by atoms with Gasteiger partial charge in [0.2, 0.25) is 0 Å². The van der Waals surface area contributed by atoms with Crippen molar-refractivity contribution in [3.05, 3.63) is 108 Å². The third kappa shape index (κ3) is 5.59. The second kappa shape index (κ2) is 8.95. The standard InChI is InChI=1S/C14H10O3.C6H6/c15-13(11-7-3-1-4-8-11)17-14(16)12-9-5-2-6-10-12;1-2-4-6-5-3-1/h1-10H;1-6H. The number of esters is 2. The van der Waals surface area contributed by atoms with E-state index >= 15 is 0 Å². The maximum absolute atomic E-state index is 11.6. The zero-order valence-corrected chi connectivity index (χ0v) is 12.5. The highest BCUT2D eigenvalue weighted by atomic mass is 16.6. The summed E-state index contributed by atoms with van der Waals surface area (Å²) in [5.41, 5.74) is 0.716. The molecular formula is C20H16O3. The van der Waals surface area contributed by atoms with Crippen LogP contribution in [0.15, 0.2) is 97.1 Å². The lowest BCUT2D eigenvalue weighted by molar-refractivity contribution is 0.0398. The third-order valence-electron chi connectivity index (χ3n) is 2.87. The Bertz CT molecular complexity index is 646. The summed E-state index contributed by atoms with van der Waals surface area (Å²) in [6.45, 7) is 0. The van der Waals surface area contributed by atoms with Crippen molar-refractivity contribution in [3.63, 3.8) is 0 Å². The maximum atomic E-state index is 11.6. The fourth-order valence-electron chi connectivity index (χ4n) is 1.74. The van der Waals surface area contributed by atoms with Gasteiger partial charge in [-0.15, -0.1) is 0 Å². The molecule has 0 heterocycles. The number of ether oxygens (including phenoxy) is 1. The summed E-state index contributed by atoms with van der Waals surface area (Å²) in [5.74, 6) is -1.28. The molecule has 0 aliphatic rings. The van der Waals surface area contributed by atoms with Crippen molar-refractivity contribution >= 4 is 11.9 Å². The molecule has 3 nitrogen and oxygen atoms in total. The molecule has 114 valence electrons. The van der Waals surface area contributed by atoms with Gasteiger partial charge >= 0.3 is 11.9 Å². The summed E-state index contributed by atoms with van der Waals surface area (Å²) in [4.78, 5) is 23.2. The monoisotopic (exact) mass is 304 g/mol. The average Bonchev–Trinajstić information content (AvgIpc) is 2.65. The zero-order chi connectivity index (χ0) is 16.3. The van der Waals surface area contributed by atoms with Crippen LogP contribution in [0.5, 0.6) is 0 Å². The molecule has 3 aromatic rings. The Kier molecular flexibility index (Phi) is 6.29. The van der Waals surface area contributed by atoms with Gasteiger partial charge in [-0.1, -0.05) is 72.8 Å². The Morgan fingerprint density at radius 1 is 0.478 bits per heavy atom. The summed E-state index contributed by atoms with van der Waals surface area (Å²) in [6, 6.07) is 28.8. The van der Waals surface area contributed by atoms with Gasteiger partial charge in [-0.2, -0.15) is 0 Å². The van der Waals surface area contributed by atoms with E-state index in [4.69, 9.17) is 4.74 Å². The molecule has 0 bridgehead atoms. The molecule has 0 atom stereocenters. The lowest BCUT2D eigenvalue weighted by Gasteiger charge is -2.02. The van der Waals surface area contributed by atoms with Crippen LogP contribution < -0.4 is 0 Å². The number of carbonyl (C=O) groups is 2. The van der Waals surface area contributed by atoms with Crippen molar-refractivity contribution in [3.8, 4) is 0 Å². The van der Waals surface area contributed by atoms with Gasteiger partial charge in [-0.3, -0.25) is 0 Å². The molecule has 0 aliphatic carbocycles. The fourth-order valence-corrected chi connectivity index (χ4v) is 1.74. The van der Waals surface area contributed by atoms with Crippen LogP contribution >= 0.6 is 0 Å². The first-order valence-electron chi connectivity index (χ1n) is 7.14. The number of carbonyl (C=O) groups excluding carboxylic acids is 2. The van der Waals surface area contributed by atoms with Gasteiger partial charge in [-0.25, -0.2) is 9.59 Å². The lowest BCUT2D eigenvalue weighted by Crippen LogP contribution is -2.12. The first-order chi connectivity index (χ1) is 11.3. The molecule has 0 aliphatic heterocycles. The van der Waals surface area contributed by atoms with Crippen LogP contribution in [0.25, 0.3) is 0 Å². The van der Waals surface area contributed by atoms with Crippen LogP contribution in [-0.2, 0) is 4.74 Å². The molecule has 0 N–H and O–H groups in total. The average molecular weight is 304 g/mol. The van der Waals surface area contributed by atoms with E-state index in [0.717, 1.165) is 0 Å². The molecule has 0 saturated carbocycles. The minimum absolute atomic E-state index is 0.358. The van der Waals surface area contributed by atoms with Crippen LogP contribution in [0.3, 0.4) is 0 Å². The van der Waals surface area contributed by atoms with Gasteiger partial charge < -0.3 is 4.74 Å². The molecule has 0 amide bonds. The molecular weight excluding hydrogens is 288 g/mol. The summed E-state index contributed by atoms with van der Waals surface area (Å²) >= 11 is 0. The van der Waals surface area contributed by atoms with Crippen molar-refractivity contribution in [1.29, 1.82) is 0 Å². The first-order valence-corrected chi connectivity index (χ1v) is 7.14. The van der Waals surface area contributed by atoms with E-state index in [9.17, 15) is 9.59 Å². The molecule has 23 heavy (non-hydrogen) atoms. The van der Waals surface area contributed by atoms with Crippen LogP contribution in [-0.4, -0.2) is 11.9 Å². The van der Waals surface area contributed by atoms with Gasteiger partial charge in [0.15, 0.2) is 0 Å². The predicted octanol–water partition coefficient (Wildman–Crippen LogP) is 4.37. The van der Waals surface area contributed by atoms with E-state index in [2.05, 4.69) is 0 Å². The molecule has 3 rings (SSSR count). The van der Waals surface area contributed by atoms with E-state index in [-0.39, 0.29) is 0 Å². The van der Waals surface area contributed by atoms with E-state index < -0.39 is 11.9 Å². The summed E-state index contributed by atoms with van der Waals surface area (Å²) in [5, 5.41) is 0. The van der Waals surface area contributed by atoms with E-state index in [1.165, 1.54) is 0 Å². The van der Waals surface area contributed by atoms with Gasteiger partial charge in [0.25, 0.3) is 0 Å². The summed E-state index contributed by atoms with van der Waals surface area (Å²) < 4.78 is 4.74. The molecule has 0 radical (unpaired) electrons. The SMILES string of the molecule is O=C(OC(=O)c1ccccc1)c1ccccc1.c1ccccc1. The van der Waals surface area contributed by atoms with Gasteiger partial charge in [0.05, 0.1) is 11.1 Å². The molecule has 0 spiro atoms. The minimum Gasteiger partial charge on any atom is -0.386 e. The molecule has 0 fully saturated rings. The molecule has 0 aromatic heterocycles. The fraction of sp³-hybridized carbons (Fsp3) is 0. The Morgan fingerprint density at radius 3 is 1.04 bits per heavy atom. The van der Waals surface area contributed by atoms with E-state index in [0.29, 0.717) is 11.1 Å². The summed E-state index contributed by atoms with van der Waals surface area (Å²) in [6.07, 6.45) is 0. The van der Waals surface area contributed by atoms with Crippen molar-refractivity contribution in [2.75, 3.05) is 0 Å². The predicted molar refractivity (Wildman–Crippen MR) is 89.1 cm³/mol. The highest BCUT2D eigenvalue weighted by molar-refractivity contribution is 6.02. The Morgan fingerprint density at radius 2 is 0.739 bits per heavy atom. The smallest absolute Gasteiger partial charge is 0.346 e. The first kappa shape index (κ1) is 16.2. The number of hydrogen-bond acceptors (Lipinski definition) is 3. The highest BCUT2D eigenvalue weighted by Crippen LogP contribution is 2.06. The largest absolute Gasteiger partial charge is 0.386 e. The van der Waals surface area contributed by atoms with Crippen LogP contribution in [0.2, 0.25) is 0 Å². The topological polar surface area (TPSA) is 43.4 Å². The zero-order valence-electron chi connectivity index (χ0n) is 12.5. The van der Waals surface area contributed by atoms with Crippen molar-refractivity contribution in [2.45, 2.75) is 0 Å². The van der Waals surface area contributed by atoms with E-state index in [1.54, 1.807) is 60.7 Å². The Labute approximate surface area is 135 Å². The minimum atomic E-state index is -0.639. The van der Waals surface area contributed by atoms with Crippen molar-refractivity contribution in [2.24, 2.45) is 0 Å². The molecule has 3 heteroatoms. The molecule has 0 unspecified atom stereocenters. The lowest BCUT2D eigenvalue weighted by atomic mass is 10.2. The van der Waals surface area contributed by atoms with Gasteiger partial charge in [-0.05, 0) is 24.3 Å². The second-order valence-corrected chi connectivity index (χ2v) is 4.56. The molecule has 3 aromatic carbocycles. The second-order valence-electron chi connectivity index (χ2n) is 4.56. The maximum Gasteiger partial charge on any atom is 0.346 e. The summed E-state index contributed by atoms with van der Waals surface area (Å²) in [7, 11) is 0. The quantitative estimate of drug-likeness (QED) is 0.521. The molecule has 0 saturated heterocycles. The normalized spacial score (nSPS) is 9.22. The van der Waals surface area contributed by atoms with Crippen LogP contribution in [0.1, 0.15) is 20.7 Å². The Balaban J connectivity index is 0.000000268. The number of hydrogen-bond donors (Lipinski definition) is 0. The van der Waals surface area contributed by atoms with Crippen molar-refractivity contribution < 1.29 is 14.3 Å². The third-order valence-corrected chi connectivity index (χ3v) is 2.87. The van der Waals surface area contributed by atoms with Crippen LogP contribution in [0.4, 0.5) is 0 Å². The number of rotatable bonds is 2. The number of benzene rings is 3. The highest BCUT2D eigenvalue weighted by Gasteiger charge is 2.13.